The molecule has 0 unspecified atom stereocenters. The highest BCUT2D eigenvalue weighted by atomic mass is 19.1. The lowest BCUT2D eigenvalue weighted by Gasteiger charge is -2.24. The summed E-state index contributed by atoms with van der Waals surface area (Å²) in [7, 11) is 0. The molecule has 2 aliphatic rings. The molecule has 1 aliphatic heterocycles. The summed E-state index contributed by atoms with van der Waals surface area (Å²) in [6.07, 6.45) is 5.60. The zero-order valence-electron chi connectivity index (χ0n) is 14.0. The van der Waals surface area contributed by atoms with Crippen molar-refractivity contribution in [2.75, 3.05) is 11.4 Å². The van der Waals surface area contributed by atoms with Crippen LogP contribution in [0.4, 0.5) is 10.1 Å². The number of para-hydroxylation sites is 1. The molecule has 1 aliphatic carbocycles. The van der Waals surface area contributed by atoms with Crippen LogP contribution in [0.2, 0.25) is 0 Å². The van der Waals surface area contributed by atoms with Gasteiger partial charge in [-0.1, -0.05) is 30.2 Å². The number of carbonyl (C=O) groups excluding carboxylic acids is 2. The van der Waals surface area contributed by atoms with Crippen molar-refractivity contribution in [2.45, 2.75) is 44.6 Å². The third kappa shape index (κ3) is 2.54. The number of halogens is 1. The number of amides is 1. The van der Waals surface area contributed by atoms with Crippen molar-refractivity contribution in [1.82, 2.24) is 15.0 Å². The second-order valence-corrected chi connectivity index (χ2v) is 6.96. The second-order valence-electron chi connectivity index (χ2n) is 6.96. The van der Waals surface area contributed by atoms with Crippen LogP contribution in [-0.4, -0.2) is 33.2 Å². The Balaban J connectivity index is 1.64. The maximum absolute atomic E-state index is 14.5. The quantitative estimate of drug-likeness (QED) is 0.804. The van der Waals surface area contributed by atoms with Gasteiger partial charge in [0.05, 0.1) is 11.9 Å². The molecule has 2 aromatic rings. The maximum Gasteiger partial charge on any atom is 0.248 e. The Kier molecular flexibility index (Phi) is 3.67. The molecule has 0 bridgehead atoms. The lowest BCUT2D eigenvalue weighted by Crippen LogP contribution is -2.37. The van der Waals surface area contributed by atoms with E-state index in [-0.39, 0.29) is 35.2 Å². The van der Waals surface area contributed by atoms with E-state index in [0.29, 0.717) is 12.2 Å². The van der Waals surface area contributed by atoms with E-state index in [4.69, 9.17) is 0 Å². The van der Waals surface area contributed by atoms with Gasteiger partial charge in [-0.2, -0.15) is 0 Å². The first kappa shape index (κ1) is 15.9. The zero-order chi connectivity index (χ0) is 17.6. The van der Waals surface area contributed by atoms with Crippen molar-refractivity contribution >= 4 is 17.4 Å². The molecular formula is C18H19FN4O2. The molecule has 1 spiro atoms. The molecule has 1 aromatic heterocycles. The SMILES string of the molecule is CC(=O)c1cn(CC(=O)N2CC3(CCCC3)c3cccc(F)c32)nn1. The normalized spacial score (nSPS) is 17.9. The van der Waals surface area contributed by atoms with Gasteiger partial charge in [0.1, 0.15) is 18.1 Å². The molecule has 4 rings (SSSR count). The van der Waals surface area contributed by atoms with Crippen LogP contribution in [-0.2, 0) is 16.8 Å². The number of rotatable bonds is 3. The summed E-state index contributed by atoms with van der Waals surface area (Å²) < 4.78 is 15.8. The predicted molar refractivity (Wildman–Crippen MR) is 88.9 cm³/mol. The Labute approximate surface area is 144 Å². The van der Waals surface area contributed by atoms with Gasteiger partial charge in [0.15, 0.2) is 5.78 Å². The van der Waals surface area contributed by atoms with Gasteiger partial charge in [-0.15, -0.1) is 5.10 Å². The van der Waals surface area contributed by atoms with Gasteiger partial charge in [-0.05, 0) is 24.5 Å². The molecule has 6 nitrogen and oxygen atoms in total. The van der Waals surface area contributed by atoms with Crippen molar-refractivity contribution in [1.29, 1.82) is 0 Å². The molecule has 2 heterocycles. The molecule has 0 radical (unpaired) electrons. The highest BCUT2D eigenvalue weighted by molar-refractivity contribution is 5.96. The summed E-state index contributed by atoms with van der Waals surface area (Å²) in [5, 5.41) is 7.57. The highest BCUT2D eigenvalue weighted by Gasteiger charge is 2.47. The number of nitrogens with zero attached hydrogens (tertiary/aromatic N) is 4. The lowest BCUT2D eigenvalue weighted by molar-refractivity contribution is -0.119. The number of ketones is 1. The van der Waals surface area contributed by atoms with Gasteiger partial charge in [0.2, 0.25) is 5.91 Å². The Morgan fingerprint density at radius 2 is 2.04 bits per heavy atom. The van der Waals surface area contributed by atoms with Gasteiger partial charge in [-0.25, -0.2) is 9.07 Å². The predicted octanol–water partition coefficient (Wildman–Crippen LogP) is 2.48. The summed E-state index contributed by atoms with van der Waals surface area (Å²) in [4.78, 5) is 25.7. The average molecular weight is 342 g/mol. The third-order valence-corrected chi connectivity index (χ3v) is 5.35. The monoisotopic (exact) mass is 342 g/mol. The topological polar surface area (TPSA) is 68.1 Å². The minimum Gasteiger partial charge on any atom is -0.307 e. The molecule has 0 saturated heterocycles. The summed E-state index contributed by atoms with van der Waals surface area (Å²) in [5.41, 5.74) is 1.44. The number of anilines is 1. The summed E-state index contributed by atoms with van der Waals surface area (Å²) in [5.74, 6) is -0.811. The number of fused-ring (bicyclic) bond motifs is 2. The van der Waals surface area contributed by atoms with E-state index in [1.807, 2.05) is 6.07 Å². The zero-order valence-corrected chi connectivity index (χ0v) is 14.0. The lowest BCUT2D eigenvalue weighted by atomic mass is 9.81. The third-order valence-electron chi connectivity index (χ3n) is 5.35. The molecule has 1 fully saturated rings. The molecule has 7 heteroatoms. The van der Waals surface area contributed by atoms with Gasteiger partial charge < -0.3 is 4.90 Å². The van der Waals surface area contributed by atoms with Crippen molar-refractivity contribution in [3.05, 3.63) is 41.5 Å². The number of hydrogen-bond acceptors (Lipinski definition) is 4. The summed E-state index contributed by atoms with van der Waals surface area (Å²) in [6.45, 7) is 1.84. The molecule has 25 heavy (non-hydrogen) atoms. The van der Waals surface area contributed by atoms with Crippen LogP contribution >= 0.6 is 0 Å². The highest BCUT2D eigenvalue weighted by Crippen LogP contribution is 2.51. The average Bonchev–Trinajstić information content (AvgIpc) is 3.29. The maximum atomic E-state index is 14.5. The van der Waals surface area contributed by atoms with E-state index in [0.717, 1.165) is 31.2 Å². The number of benzene rings is 1. The van der Waals surface area contributed by atoms with Gasteiger partial charge in [0.25, 0.3) is 0 Å². The van der Waals surface area contributed by atoms with E-state index >= 15 is 0 Å². The summed E-state index contributed by atoms with van der Waals surface area (Å²) in [6, 6.07) is 5.06. The van der Waals surface area contributed by atoms with Crippen LogP contribution in [0.5, 0.6) is 0 Å². The fraction of sp³-hybridized carbons (Fsp3) is 0.444. The number of hydrogen-bond donors (Lipinski definition) is 0. The van der Waals surface area contributed by atoms with E-state index in [9.17, 15) is 14.0 Å². The Morgan fingerprint density at radius 3 is 2.72 bits per heavy atom. The van der Waals surface area contributed by atoms with Crippen molar-refractivity contribution < 1.29 is 14.0 Å². The molecular weight excluding hydrogens is 323 g/mol. The van der Waals surface area contributed by atoms with Crippen molar-refractivity contribution in [3.8, 4) is 0 Å². The largest absolute Gasteiger partial charge is 0.307 e. The van der Waals surface area contributed by atoms with E-state index in [2.05, 4.69) is 10.3 Å². The second kappa shape index (κ2) is 5.75. The smallest absolute Gasteiger partial charge is 0.248 e. The fourth-order valence-corrected chi connectivity index (χ4v) is 4.14. The minimum absolute atomic E-state index is 0.0653. The number of carbonyl (C=O) groups is 2. The van der Waals surface area contributed by atoms with Crippen LogP contribution < -0.4 is 4.90 Å². The Morgan fingerprint density at radius 1 is 1.28 bits per heavy atom. The van der Waals surface area contributed by atoms with E-state index in [1.54, 1.807) is 11.0 Å². The fourth-order valence-electron chi connectivity index (χ4n) is 4.14. The molecule has 1 aromatic carbocycles. The van der Waals surface area contributed by atoms with E-state index in [1.165, 1.54) is 23.9 Å². The molecule has 0 atom stereocenters. The van der Waals surface area contributed by atoms with Crippen LogP contribution in [0.25, 0.3) is 0 Å². The first-order valence-electron chi connectivity index (χ1n) is 8.51. The van der Waals surface area contributed by atoms with Gasteiger partial charge in [-0.3, -0.25) is 9.59 Å². The van der Waals surface area contributed by atoms with Crippen molar-refractivity contribution in [3.63, 3.8) is 0 Å². The first-order valence-corrected chi connectivity index (χ1v) is 8.51. The molecule has 130 valence electrons. The Hall–Kier alpha value is -2.57. The van der Waals surface area contributed by atoms with E-state index < -0.39 is 0 Å². The van der Waals surface area contributed by atoms with Crippen molar-refractivity contribution in [2.24, 2.45) is 0 Å². The van der Waals surface area contributed by atoms with Crippen LogP contribution in [0.3, 0.4) is 0 Å². The standard InChI is InChI=1S/C18H19FN4O2/c1-12(24)15-9-22(21-20-15)10-16(25)23-11-18(7-2-3-8-18)13-5-4-6-14(19)17(13)23/h4-6,9H,2-3,7-8,10-11H2,1H3. The molecule has 1 amide bonds. The van der Waals surface area contributed by atoms with Gasteiger partial charge in [0, 0.05) is 18.9 Å². The number of Topliss-reactive ketones (excluding diaryl/α,β-unsaturated/α-hetero) is 1. The van der Waals surface area contributed by atoms with Crippen LogP contribution in [0, 0.1) is 5.82 Å². The summed E-state index contributed by atoms with van der Waals surface area (Å²) >= 11 is 0. The number of aromatic nitrogens is 3. The molecule has 0 N–H and O–H groups in total. The van der Waals surface area contributed by atoms with Crippen LogP contribution in [0.15, 0.2) is 24.4 Å². The Bertz CT molecular complexity index is 855. The van der Waals surface area contributed by atoms with Crippen LogP contribution in [0.1, 0.15) is 48.7 Å². The first-order chi connectivity index (χ1) is 12.0. The van der Waals surface area contributed by atoms with Gasteiger partial charge >= 0.3 is 0 Å². The minimum atomic E-state index is -0.363. The molecule has 1 saturated carbocycles.